The average molecular weight is 347 g/mol. The van der Waals surface area contributed by atoms with Gasteiger partial charge < -0.3 is 5.32 Å². The highest BCUT2D eigenvalue weighted by Gasteiger charge is 2.35. The van der Waals surface area contributed by atoms with Gasteiger partial charge in [0.05, 0.1) is 6.04 Å². The summed E-state index contributed by atoms with van der Waals surface area (Å²) in [5, 5.41) is 3.02. The quantitative estimate of drug-likeness (QED) is 0.924. The Labute approximate surface area is 131 Å². The summed E-state index contributed by atoms with van der Waals surface area (Å²) >= 11 is 3.31. The number of nitrogens with one attached hydrogen (secondary N) is 1. The van der Waals surface area contributed by atoms with Gasteiger partial charge in [-0.1, -0.05) is 0 Å². The third-order valence-corrected chi connectivity index (χ3v) is 3.90. The monoisotopic (exact) mass is 346 g/mol. The number of rotatable bonds is 4. The van der Waals surface area contributed by atoms with E-state index in [4.69, 9.17) is 0 Å². The summed E-state index contributed by atoms with van der Waals surface area (Å²) in [5.41, 5.74) is 1.30. The van der Waals surface area contributed by atoms with Crippen LogP contribution in [0.1, 0.15) is 40.9 Å². The molecule has 21 heavy (non-hydrogen) atoms. The Balaban J connectivity index is 1.79. The van der Waals surface area contributed by atoms with E-state index in [0.29, 0.717) is 17.4 Å². The molecule has 0 aliphatic heterocycles. The number of hydrogen-bond acceptors (Lipinski definition) is 4. The highest BCUT2D eigenvalue weighted by Crippen LogP contribution is 2.40. The van der Waals surface area contributed by atoms with Crippen molar-refractivity contribution < 1.29 is 4.79 Å². The summed E-state index contributed by atoms with van der Waals surface area (Å²) in [5.74, 6) is 0.915. The molecule has 1 fully saturated rings. The molecule has 1 amide bonds. The molecule has 0 bridgehead atoms. The second-order valence-corrected chi connectivity index (χ2v) is 6.12. The predicted octanol–water partition coefficient (Wildman–Crippen LogP) is 2.82. The van der Waals surface area contributed by atoms with Crippen molar-refractivity contribution in [3.8, 4) is 0 Å². The first-order chi connectivity index (χ1) is 10.1. The molecular weight excluding hydrogens is 332 g/mol. The smallest absolute Gasteiger partial charge is 0.270 e. The first-order valence-electron chi connectivity index (χ1n) is 6.85. The van der Waals surface area contributed by atoms with Gasteiger partial charge in [-0.2, -0.15) is 0 Å². The molecule has 5 nitrogen and oxygen atoms in total. The van der Waals surface area contributed by atoms with Crippen LogP contribution in [-0.2, 0) is 0 Å². The normalized spacial score (nSPS) is 15.5. The highest BCUT2D eigenvalue weighted by atomic mass is 79.9. The minimum atomic E-state index is -0.190. The third-order valence-electron chi connectivity index (χ3n) is 3.43. The molecule has 108 valence electrons. The lowest BCUT2D eigenvalue weighted by Gasteiger charge is -2.17. The minimum absolute atomic E-state index is 0.136. The number of amides is 1. The van der Waals surface area contributed by atoms with Crippen LogP contribution < -0.4 is 5.32 Å². The molecule has 0 saturated heterocycles. The maximum atomic E-state index is 12.3. The molecular formula is C15H15BrN4O. The van der Waals surface area contributed by atoms with Gasteiger partial charge in [0, 0.05) is 22.6 Å². The molecule has 1 aliphatic carbocycles. The third kappa shape index (κ3) is 3.44. The number of hydrogen-bond donors (Lipinski definition) is 1. The molecule has 6 heteroatoms. The summed E-state index contributed by atoms with van der Waals surface area (Å²) < 4.78 is 0.847. The van der Waals surface area contributed by atoms with Gasteiger partial charge in [-0.3, -0.25) is 4.79 Å². The first kappa shape index (κ1) is 14.1. The van der Waals surface area contributed by atoms with Crippen LogP contribution in [0.4, 0.5) is 0 Å². The molecule has 2 aromatic heterocycles. The molecule has 1 atom stereocenters. The lowest BCUT2D eigenvalue weighted by Crippen LogP contribution is -2.31. The molecule has 2 heterocycles. The molecule has 0 radical (unpaired) electrons. The van der Waals surface area contributed by atoms with Crippen LogP contribution in [0.2, 0.25) is 0 Å². The number of halogens is 1. The van der Waals surface area contributed by atoms with E-state index >= 15 is 0 Å². The Kier molecular flexibility index (Phi) is 3.96. The molecule has 0 spiro atoms. The van der Waals surface area contributed by atoms with Crippen LogP contribution in [-0.4, -0.2) is 20.9 Å². The fraction of sp³-hybridized carbons (Fsp3) is 0.333. The first-order valence-corrected chi connectivity index (χ1v) is 7.65. The van der Waals surface area contributed by atoms with Gasteiger partial charge in [-0.15, -0.1) is 0 Å². The minimum Gasteiger partial charge on any atom is -0.340 e. The Morgan fingerprint density at radius 1 is 1.33 bits per heavy atom. The van der Waals surface area contributed by atoms with Crippen molar-refractivity contribution in [2.75, 3.05) is 0 Å². The van der Waals surface area contributed by atoms with Crippen LogP contribution in [0.5, 0.6) is 0 Å². The SMILES string of the molecule is Cc1ccnc([C@H](NC(=O)c2ccc(Br)cn2)C2CC2)n1. The number of pyridine rings is 1. The summed E-state index contributed by atoms with van der Waals surface area (Å²) in [4.78, 5) is 25.2. The molecule has 1 N–H and O–H groups in total. The summed E-state index contributed by atoms with van der Waals surface area (Å²) in [6, 6.07) is 5.21. The Morgan fingerprint density at radius 3 is 2.76 bits per heavy atom. The topological polar surface area (TPSA) is 67.8 Å². The zero-order chi connectivity index (χ0) is 14.8. The summed E-state index contributed by atoms with van der Waals surface area (Å²) in [6.45, 7) is 1.92. The number of nitrogens with zero attached hydrogens (tertiary/aromatic N) is 3. The van der Waals surface area contributed by atoms with Gasteiger partial charge >= 0.3 is 0 Å². The largest absolute Gasteiger partial charge is 0.340 e. The molecule has 1 aliphatic rings. The molecule has 1 saturated carbocycles. The van der Waals surface area contributed by atoms with Gasteiger partial charge in [-0.25, -0.2) is 15.0 Å². The molecule has 3 rings (SSSR count). The van der Waals surface area contributed by atoms with Crippen molar-refractivity contribution in [1.29, 1.82) is 0 Å². The van der Waals surface area contributed by atoms with Crippen LogP contribution in [0.3, 0.4) is 0 Å². The van der Waals surface area contributed by atoms with E-state index < -0.39 is 0 Å². The number of aromatic nitrogens is 3. The van der Waals surface area contributed by atoms with Gasteiger partial charge in [0.25, 0.3) is 5.91 Å². The van der Waals surface area contributed by atoms with Crippen molar-refractivity contribution in [2.24, 2.45) is 5.92 Å². The summed E-state index contributed by atoms with van der Waals surface area (Å²) in [7, 11) is 0. The zero-order valence-corrected chi connectivity index (χ0v) is 13.2. The number of aryl methyl sites for hydroxylation is 1. The van der Waals surface area contributed by atoms with Gasteiger partial charge in [0.15, 0.2) is 5.82 Å². The predicted molar refractivity (Wildman–Crippen MR) is 81.6 cm³/mol. The van der Waals surface area contributed by atoms with E-state index in [0.717, 1.165) is 23.0 Å². The van der Waals surface area contributed by atoms with Crippen LogP contribution in [0.25, 0.3) is 0 Å². The zero-order valence-electron chi connectivity index (χ0n) is 11.6. The van der Waals surface area contributed by atoms with Crippen molar-refractivity contribution in [3.05, 3.63) is 52.3 Å². The van der Waals surface area contributed by atoms with Gasteiger partial charge in [0.2, 0.25) is 0 Å². The van der Waals surface area contributed by atoms with Crippen molar-refractivity contribution >= 4 is 21.8 Å². The van der Waals surface area contributed by atoms with Crippen molar-refractivity contribution in [1.82, 2.24) is 20.3 Å². The van der Waals surface area contributed by atoms with E-state index in [1.165, 1.54) is 0 Å². The highest BCUT2D eigenvalue weighted by molar-refractivity contribution is 9.10. The summed E-state index contributed by atoms with van der Waals surface area (Å²) in [6.07, 6.45) is 5.54. The van der Waals surface area contributed by atoms with E-state index in [-0.39, 0.29) is 11.9 Å². The van der Waals surface area contributed by atoms with Crippen molar-refractivity contribution in [2.45, 2.75) is 25.8 Å². The van der Waals surface area contributed by atoms with Crippen molar-refractivity contribution in [3.63, 3.8) is 0 Å². The Bertz CT molecular complexity index is 655. The van der Waals surface area contributed by atoms with E-state index in [2.05, 4.69) is 36.2 Å². The molecule has 2 aromatic rings. The number of carbonyl (C=O) groups excluding carboxylic acids is 1. The average Bonchev–Trinajstić information content (AvgIpc) is 3.30. The fourth-order valence-electron chi connectivity index (χ4n) is 2.17. The van der Waals surface area contributed by atoms with Gasteiger partial charge in [0.1, 0.15) is 5.69 Å². The van der Waals surface area contributed by atoms with Crippen LogP contribution >= 0.6 is 15.9 Å². The molecule has 0 unspecified atom stereocenters. The Morgan fingerprint density at radius 2 is 2.14 bits per heavy atom. The Hall–Kier alpha value is -1.82. The maximum absolute atomic E-state index is 12.3. The lowest BCUT2D eigenvalue weighted by atomic mass is 10.1. The second kappa shape index (κ2) is 5.89. The lowest BCUT2D eigenvalue weighted by molar-refractivity contribution is 0.0924. The van der Waals surface area contributed by atoms with E-state index in [1.807, 2.05) is 13.0 Å². The maximum Gasteiger partial charge on any atom is 0.270 e. The second-order valence-electron chi connectivity index (χ2n) is 5.21. The van der Waals surface area contributed by atoms with E-state index in [1.54, 1.807) is 24.5 Å². The van der Waals surface area contributed by atoms with E-state index in [9.17, 15) is 4.79 Å². The fourth-order valence-corrected chi connectivity index (χ4v) is 2.40. The van der Waals surface area contributed by atoms with Crippen LogP contribution in [0.15, 0.2) is 35.1 Å². The standard InChI is InChI=1S/C15H15BrN4O/c1-9-6-7-17-14(19-9)13(10-2-3-10)20-15(21)12-5-4-11(16)8-18-12/h4-8,10,13H,2-3H2,1H3,(H,20,21)/t13-/m1/s1. The molecule has 0 aromatic carbocycles. The van der Waals surface area contributed by atoms with Gasteiger partial charge in [-0.05, 0) is 59.8 Å². The van der Waals surface area contributed by atoms with Crippen LogP contribution in [0, 0.1) is 12.8 Å². The number of carbonyl (C=O) groups is 1.